The Bertz CT molecular complexity index is 5030. The van der Waals surface area contributed by atoms with Gasteiger partial charge in [-0.1, -0.05) is 231 Å². The van der Waals surface area contributed by atoms with Gasteiger partial charge in [0.25, 0.3) is 0 Å². The molecule has 2 aliphatic heterocycles. The zero-order valence-corrected chi connectivity index (χ0v) is 47.8. The Morgan fingerprint density at radius 1 is 0.202 bits per heavy atom. The minimum atomic E-state index is -3.23. The molecule has 0 saturated heterocycles. The molecule has 6 heteroatoms. The van der Waals surface area contributed by atoms with Crippen LogP contribution in [0.1, 0.15) is 0 Å². The average molecular weight is 1100 g/mol. The van der Waals surface area contributed by atoms with Gasteiger partial charge in [0, 0.05) is 66.4 Å². The zero-order valence-electron chi connectivity index (χ0n) is 45.8. The van der Waals surface area contributed by atoms with Crippen molar-refractivity contribution in [2.24, 2.45) is 0 Å². The fourth-order valence-corrected chi connectivity index (χ4v) is 25.9. The number of hydrogen-bond donors (Lipinski definition) is 0. The van der Waals surface area contributed by atoms with Crippen LogP contribution in [0.5, 0.6) is 0 Å². The van der Waals surface area contributed by atoms with Crippen LogP contribution < -0.4 is 46.4 Å². The van der Waals surface area contributed by atoms with Gasteiger partial charge in [0.15, 0.2) is 16.1 Å². The van der Waals surface area contributed by atoms with Gasteiger partial charge in [0.05, 0.1) is 33.1 Å². The minimum absolute atomic E-state index is 1.13. The van der Waals surface area contributed by atoms with Crippen molar-refractivity contribution in [1.29, 1.82) is 0 Å². The lowest BCUT2D eigenvalue weighted by Gasteiger charge is -2.52. The minimum Gasteiger partial charge on any atom is -0.311 e. The van der Waals surface area contributed by atoms with E-state index in [1.54, 1.807) is 0 Å². The van der Waals surface area contributed by atoms with Crippen molar-refractivity contribution in [2.45, 2.75) is 0 Å². The van der Waals surface area contributed by atoms with E-state index in [2.05, 4.69) is 334 Å². The first-order valence-electron chi connectivity index (χ1n) is 29.2. The smallest absolute Gasteiger partial charge is 0.184 e. The van der Waals surface area contributed by atoms with Crippen molar-refractivity contribution < 1.29 is 0 Å². The van der Waals surface area contributed by atoms with Gasteiger partial charge in [-0.3, -0.25) is 0 Å². The third-order valence-electron chi connectivity index (χ3n) is 18.7. The first-order valence-corrected chi connectivity index (χ1v) is 33.2. The maximum Gasteiger partial charge on any atom is 0.184 e. The lowest BCUT2D eigenvalue weighted by atomic mass is 10.1. The predicted octanol–water partition coefficient (Wildman–Crippen LogP) is 13.8. The molecule has 392 valence electrons. The Morgan fingerprint density at radius 2 is 0.512 bits per heavy atom. The van der Waals surface area contributed by atoms with Crippen molar-refractivity contribution in [2.75, 3.05) is 4.90 Å². The second kappa shape index (κ2) is 18.0. The van der Waals surface area contributed by atoms with Crippen LogP contribution in [0.15, 0.2) is 315 Å². The summed E-state index contributed by atoms with van der Waals surface area (Å²) in [5.41, 5.74) is 14.4. The fraction of sp³-hybridized carbons (Fsp3) is 0. The lowest BCUT2D eigenvalue weighted by Crippen LogP contribution is -2.82. The van der Waals surface area contributed by atoms with Crippen LogP contribution in [0.4, 0.5) is 17.1 Å². The van der Waals surface area contributed by atoms with E-state index in [0.29, 0.717) is 0 Å². The summed E-state index contributed by atoms with van der Waals surface area (Å²) in [6.07, 6.45) is 0. The second-order valence-electron chi connectivity index (χ2n) is 22.7. The largest absolute Gasteiger partial charge is 0.311 e. The van der Waals surface area contributed by atoms with Crippen molar-refractivity contribution >= 4 is 140 Å². The van der Waals surface area contributed by atoms with E-state index in [1.165, 1.54) is 113 Å². The molecule has 5 heterocycles. The molecule has 2 aliphatic rings. The SMILES string of the molecule is c1ccc([Si]2(c3ccccc3)c3ccccc3N3c4ccccc4[Si](c4ccccc4)(c4cccc(-n5c6ccc(-n7c8ccccc8c8ccccc87)cc6c6cc(-n7c8ccccc8c8ccccc87)ccc65)c4)c4cccc2c43)cc1. The summed E-state index contributed by atoms with van der Waals surface area (Å²) in [6, 6.07) is 120. The first-order chi connectivity index (χ1) is 41.7. The van der Waals surface area contributed by atoms with Gasteiger partial charge in [-0.05, 0) is 126 Å². The molecule has 0 bridgehead atoms. The van der Waals surface area contributed by atoms with Crippen molar-refractivity contribution in [1.82, 2.24) is 13.7 Å². The summed E-state index contributed by atoms with van der Waals surface area (Å²) in [5.74, 6) is 0. The highest BCUT2D eigenvalue weighted by Crippen LogP contribution is 2.43. The molecule has 0 N–H and O–H groups in total. The summed E-state index contributed by atoms with van der Waals surface area (Å²) in [4.78, 5) is 2.65. The molecule has 1 unspecified atom stereocenters. The van der Waals surface area contributed by atoms with Crippen LogP contribution in [0.25, 0.3) is 82.5 Å². The molecule has 16 aromatic rings. The van der Waals surface area contributed by atoms with Crippen LogP contribution in [0.3, 0.4) is 0 Å². The predicted molar refractivity (Wildman–Crippen MR) is 358 cm³/mol. The molecule has 0 amide bonds. The van der Waals surface area contributed by atoms with E-state index in [0.717, 1.165) is 28.1 Å². The van der Waals surface area contributed by atoms with Gasteiger partial charge in [-0.2, -0.15) is 0 Å². The second-order valence-corrected chi connectivity index (χ2v) is 30.2. The van der Waals surface area contributed by atoms with Crippen molar-refractivity contribution in [3.05, 3.63) is 315 Å². The summed E-state index contributed by atoms with van der Waals surface area (Å²) in [7, 11) is -6.20. The number of benzene rings is 13. The molecule has 3 aromatic heterocycles. The molecule has 0 spiro atoms. The highest BCUT2D eigenvalue weighted by Gasteiger charge is 2.56. The van der Waals surface area contributed by atoms with E-state index in [1.807, 2.05) is 0 Å². The van der Waals surface area contributed by atoms with E-state index in [-0.39, 0.29) is 0 Å². The van der Waals surface area contributed by atoms with Crippen molar-refractivity contribution in [3.63, 3.8) is 0 Å². The summed E-state index contributed by atoms with van der Waals surface area (Å²) in [6.45, 7) is 0. The Morgan fingerprint density at radius 3 is 0.940 bits per heavy atom. The maximum atomic E-state index is 2.65. The van der Waals surface area contributed by atoms with Gasteiger partial charge in [0.2, 0.25) is 0 Å². The highest BCUT2D eigenvalue weighted by molar-refractivity contribution is 7.24. The van der Waals surface area contributed by atoms with Gasteiger partial charge in [-0.15, -0.1) is 0 Å². The van der Waals surface area contributed by atoms with Crippen LogP contribution in [-0.2, 0) is 0 Å². The van der Waals surface area contributed by atoms with E-state index in [4.69, 9.17) is 0 Å². The topological polar surface area (TPSA) is 18.0 Å². The molecule has 0 saturated carbocycles. The van der Waals surface area contributed by atoms with Crippen molar-refractivity contribution in [3.8, 4) is 17.1 Å². The maximum absolute atomic E-state index is 3.23. The number of rotatable bonds is 7. The standard InChI is InChI=1S/C78H52N4Si2/c1-4-25-56(26-5-1)83(57-27-6-2-7-28-57)74-42-20-18-40-72(74)82-73-41-19-21-43-75(73)84(58-29-8-3-9-30-58,77-45-23-44-76(83)78(77)82)59-31-22-24-53(50-59)79-70-48-46-54(80-66-36-14-10-32-60(66)61-33-11-15-37-67(61)80)51-64(70)65-52-55(47-49-71(65)79)81-68-38-16-12-34-62(68)63-35-13-17-39-69(63)81/h1-52H. The summed E-state index contributed by atoms with van der Waals surface area (Å²) < 4.78 is 7.46. The normalized spacial score (nSPS) is 15.0. The average Bonchev–Trinajstić information content (AvgIpc) is 1.04. The Balaban J connectivity index is 0.927. The highest BCUT2D eigenvalue weighted by atomic mass is 28.3. The van der Waals surface area contributed by atoms with Crippen LogP contribution >= 0.6 is 0 Å². The molecule has 0 radical (unpaired) electrons. The molecular weight excluding hydrogens is 1050 g/mol. The number of fused-ring (bicyclic) bond motifs is 13. The van der Waals surface area contributed by atoms with Gasteiger partial charge < -0.3 is 18.6 Å². The molecular formula is C78H52N4Si2. The summed E-state index contributed by atoms with van der Waals surface area (Å²) in [5, 5.41) is 18.5. The molecule has 13 aromatic carbocycles. The van der Waals surface area contributed by atoms with Crippen LogP contribution in [0.2, 0.25) is 0 Å². The lowest BCUT2D eigenvalue weighted by molar-refractivity contribution is 1.16. The quantitative estimate of drug-likeness (QED) is 0.145. The van der Waals surface area contributed by atoms with Gasteiger partial charge in [-0.25, -0.2) is 0 Å². The first kappa shape index (κ1) is 47.2. The molecule has 0 fully saturated rings. The van der Waals surface area contributed by atoms with Crippen LogP contribution in [-0.4, -0.2) is 29.8 Å². The number of aromatic nitrogens is 3. The van der Waals surface area contributed by atoms with Crippen LogP contribution in [0, 0.1) is 0 Å². The molecule has 1 atom stereocenters. The number of nitrogens with zero attached hydrogens (tertiary/aromatic N) is 4. The third-order valence-corrected chi connectivity index (χ3v) is 28.4. The number of para-hydroxylation sites is 7. The molecule has 0 aliphatic carbocycles. The fourth-order valence-electron chi connectivity index (χ4n) is 15.5. The number of anilines is 3. The number of hydrogen-bond acceptors (Lipinski definition) is 1. The van der Waals surface area contributed by atoms with Gasteiger partial charge in [0.1, 0.15) is 0 Å². The van der Waals surface area contributed by atoms with Gasteiger partial charge >= 0.3 is 0 Å². The molecule has 4 nitrogen and oxygen atoms in total. The van der Waals surface area contributed by atoms with E-state index in [9.17, 15) is 0 Å². The summed E-state index contributed by atoms with van der Waals surface area (Å²) >= 11 is 0. The van der Waals surface area contributed by atoms with E-state index >= 15 is 0 Å². The Kier molecular flexibility index (Phi) is 10.1. The zero-order chi connectivity index (χ0) is 55.1. The molecule has 18 rings (SSSR count). The Hall–Kier alpha value is -10.5. The molecule has 84 heavy (non-hydrogen) atoms. The van der Waals surface area contributed by atoms with E-state index < -0.39 is 16.1 Å². The monoisotopic (exact) mass is 1100 g/mol. The Labute approximate surface area is 488 Å². The third kappa shape index (κ3) is 6.30.